The summed E-state index contributed by atoms with van der Waals surface area (Å²) in [7, 11) is -1.74. The molecule has 0 saturated heterocycles. The van der Waals surface area contributed by atoms with Crippen LogP contribution in [0.15, 0.2) is 140 Å². The van der Waals surface area contributed by atoms with Gasteiger partial charge in [0.15, 0.2) is 0 Å². The van der Waals surface area contributed by atoms with Crippen molar-refractivity contribution in [1.82, 2.24) is 9.97 Å². The SMILES string of the molecule is Cc1cc2c(sc3ccccc32)c(C)c1N1c2c(ccc3ccccc23)[N-]C1c1[c-]cc(F)c2c1sc1nc(-c3ccccc3)ccc12.[2H]C([2H])([2H])c1cc[c-]c(-c2cc(C([2H])(C)C)c([Si](C)(C)C)cn2)c1F.[Ir+3]. The van der Waals surface area contributed by atoms with Crippen molar-refractivity contribution >= 4 is 104 Å². The van der Waals surface area contributed by atoms with Gasteiger partial charge >= 0.3 is 20.1 Å². The number of benzene rings is 7. The molecule has 4 aromatic heterocycles. The number of hydrogen-bond acceptors (Lipinski definition) is 5. The predicted molar refractivity (Wildman–Crippen MR) is 292 cm³/mol. The van der Waals surface area contributed by atoms with Gasteiger partial charge in [-0.15, -0.1) is 46.9 Å². The van der Waals surface area contributed by atoms with E-state index in [1.54, 1.807) is 26.1 Å². The second kappa shape index (κ2) is 18.6. The Morgan fingerprint density at radius 2 is 1.53 bits per heavy atom. The van der Waals surface area contributed by atoms with Crippen molar-refractivity contribution in [3.05, 3.63) is 197 Å². The van der Waals surface area contributed by atoms with E-state index in [1.165, 1.54) is 60.8 Å². The van der Waals surface area contributed by atoms with Crippen LogP contribution in [0.25, 0.3) is 79.1 Å². The topological polar surface area (TPSA) is 43.1 Å². The molecular formula is C60H49F2IrN4S2Si. The number of thiophene rings is 2. The summed E-state index contributed by atoms with van der Waals surface area (Å²) in [6.45, 7) is 12.0. The zero-order valence-corrected chi connectivity index (χ0v) is 44.6. The normalized spacial score (nSPS) is 14.7. The summed E-state index contributed by atoms with van der Waals surface area (Å²) in [4.78, 5) is 12.6. The Balaban J connectivity index is 0.000000205. The average Bonchev–Trinajstić information content (AvgIpc) is 4.06. The molecule has 0 aliphatic carbocycles. The average molecular weight is 1150 g/mol. The fraction of sp³-hybridized carbons (Fsp3) is 0.167. The number of halogens is 2. The van der Waals surface area contributed by atoms with E-state index in [-0.39, 0.29) is 37.0 Å². The minimum absolute atomic E-state index is 0. The molecule has 70 heavy (non-hydrogen) atoms. The third-order valence-electron chi connectivity index (χ3n) is 13.1. The summed E-state index contributed by atoms with van der Waals surface area (Å²) in [6.07, 6.45) is 1.27. The summed E-state index contributed by atoms with van der Waals surface area (Å²) in [5.74, 6) is -1.99. The molecule has 10 heteroatoms. The van der Waals surface area contributed by atoms with Crippen LogP contribution in [0.4, 0.5) is 25.8 Å². The van der Waals surface area contributed by atoms with E-state index in [4.69, 9.17) is 15.8 Å². The van der Waals surface area contributed by atoms with Crippen LogP contribution in [0.2, 0.25) is 19.6 Å². The number of rotatable bonds is 6. The van der Waals surface area contributed by atoms with Crippen LogP contribution < -0.4 is 10.1 Å². The second-order valence-electron chi connectivity index (χ2n) is 18.9. The van der Waals surface area contributed by atoms with E-state index in [2.05, 4.69) is 134 Å². The number of fused-ring (bicyclic) bond motifs is 9. The van der Waals surface area contributed by atoms with Crippen molar-refractivity contribution in [3.8, 4) is 22.5 Å². The molecule has 1 atom stereocenters. The Kier molecular flexibility index (Phi) is 11.3. The first kappa shape index (κ1) is 42.7. The van der Waals surface area contributed by atoms with Crippen molar-refractivity contribution < 1.29 is 34.4 Å². The summed E-state index contributed by atoms with van der Waals surface area (Å²) in [6, 6.07) is 49.8. The molecule has 0 fully saturated rings. The van der Waals surface area contributed by atoms with Crippen molar-refractivity contribution in [2.24, 2.45) is 0 Å². The second-order valence-corrected chi connectivity index (χ2v) is 26.0. The summed E-state index contributed by atoms with van der Waals surface area (Å²) in [5.41, 5.74) is 9.06. The molecule has 7 aromatic carbocycles. The number of pyridine rings is 2. The number of aromatic nitrogens is 2. The molecule has 5 heterocycles. The fourth-order valence-corrected chi connectivity index (χ4v) is 13.8. The number of anilines is 2. The van der Waals surface area contributed by atoms with Crippen molar-refractivity contribution in [1.29, 1.82) is 0 Å². The maximum absolute atomic E-state index is 15.8. The number of nitrogens with zero attached hydrogens (tertiary/aromatic N) is 4. The monoisotopic (exact) mass is 1150 g/mol. The van der Waals surface area contributed by atoms with E-state index in [0.717, 1.165) is 70.3 Å². The summed E-state index contributed by atoms with van der Waals surface area (Å²) >= 11 is 3.36. The van der Waals surface area contributed by atoms with Gasteiger partial charge < -0.3 is 15.2 Å². The van der Waals surface area contributed by atoms with Crippen LogP contribution in [0, 0.1) is 44.5 Å². The molecule has 0 amide bonds. The number of hydrogen-bond donors (Lipinski definition) is 0. The first-order chi connectivity index (χ1) is 34.8. The third kappa shape index (κ3) is 8.13. The van der Waals surface area contributed by atoms with Gasteiger partial charge in [-0.1, -0.05) is 164 Å². The zero-order chi connectivity index (χ0) is 51.3. The van der Waals surface area contributed by atoms with E-state index >= 15 is 4.39 Å². The van der Waals surface area contributed by atoms with E-state index < -0.39 is 32.8 Å². The minimum Gasteiger partial charge on any atom is -0.661 e. The van der Waals surface area contributed by atoms with Gasteiger partial charge in [-0.2, -0.15) is 17.4 Å². The molecule has 1 unspecified atom stereocenters. The molecule has 0 spiro atoms. The quantitative estimate of drug-likeness (QED) is 0.123. The summed E-state index contributed by atoms with van der Waals surface area (Å²) < 4.78 is 64.8. The van der Waals surface area contributed by atoms with E-state index in [9.17, 15) is 4.39 Å². The van der Waals surface area contributed by atoms with Crippen LogP contribution >= 0.6 is 22.7 Å². The van der Waals surface area contributed by atoms with Gasteiger partial charge in [-0.3, -0.25) is 8.78 Å². The Labute approximate surface area is 436 Å². The molecule has 4 nitrogen and oxygen atoms in total. The standard InChI is InChI=1S/C42H26FN3S2.C18H23FNSi.Ir/c1-23-22-31-28-14-8-9-15-35(28)47-39(31)24(2)37(23)46-38-27-13-7-6-10-25(27)16-20-34(38)44-41(46)30-17-19-32(43)36-29-18-21-33(26-11-4-3-5-12-26)45-42(29)48-40(30)36;1-12(2)15-10-16(20-11-17(15)21(4,5)6)14-9-7-8-13(3)18(14)19;/h3-16,18-22,41H,1-2H3;7-8,10-12H,1-6H3;/q-2;-1;+3/i;3D3,12D;. The molecule has 1 aliphatic heterocycles. The Morgan fingerprint density at radius 1 is 0.771 bits per heavy atom. The molecule has 12 rings (SSSR count). The fourth-order valence-electron chi connectivity index (χ4n) is 9.80. The van der Waals surface area contributed by atoms with Gasteiger partial charge in [0.2, 0.25) is 0 Å². The molecule has 0 bridgehead atoms. The number of aryl methyl sites for hydroxylation is 3. The van der Waals surface area contributed by atoms with Gasteiger partial charge in [0.05, 0.1) is 13.8 Å². The molecule has 0 N–H and O–H groups in total. The van der Waals surface area contributed by atoms with Gasteiger partial charge in [0, 0.05) is 65.8 Å². The van der Waals surface area contributed by atoms with Crippen LogP contribution in [-0.4, -0.2) is 18.0 Å². The Morgan fingerprint density at radius 3 is 2.30 bits per heavy atom. The molecule has 1 aliphatic rings. The van der Waals surface area contributed by atoms with Gasteiger partial charge in [-0.05, 0) is 76.9 Å². The van der Waals surface area contributed by atoms with Gasteiger partial charge in [-0.25, -0.2) is 4.98 Å². The summed E-state index contributed by atoms with van der Waals surface area (Å²) in [5, 5.41) is 12.7. The van der Waals surface area contributed by atoms with Gasteiger partial charge in [0.25, 0.3) is 0 Å². The predicted octanol–water partition coefficient (Wildman–Crippen LogP) is 17.7. The smallest absolute Gasteiger partial charge is 0.661 e. The Bertz CT molecular complexity index is 4000. The molecule has 0 radical (unpaired) electrons. The van der Waals surface area contributed by atoms with Crippen molar-refractivity contribution in [2.45, 2.75) is 66.2 Å². The first-order valence-electron chi connectivity index (χ1n) is 24.9. The van der Waals surface area contributed by atoms with Crippen LogP contribution in [0.5, 0.6) is 0 Å². The van der Waals surface area contributed by atoms with Crippen LogP contribution in [-0.2, 0) is 20.1 Å². The maximum atomic E-state index is 15.8. The Hall–Kier alpha value is -6.13. The minimum atomic E-state index is -2.54. The molecule has 0 saturated carbocycles. The molecule has 11 aromatic rings. The molecule has 348 valence electrons. The van der Waals surface area contributed by atoms with Crippen LogP contribution in [0.1, 0.15) is 59.2 Å². The maximum Gasteiger partial charge on any atom is 3.00 e. The van der Waals surface area contributed by atoms with Gasteiger partial charge in [0.1, 0.15) is 4.83 Å². The first-order valence-corrected chi connectivity index (χ1v) is 28.1. The van der Waals surface area contributed by atoms with Crippen molar-refractivity contribution in [2.75, 3.05) is 4.90 Å². The van der Waals surface area contributed by atoms with Crippen LogP contribution in [0.3, 0.4) is 0 Å². The van der Waals surface area contributed by atoms with Crippen molar-refractivity contribution in [3.63, 3.8) is 0 Å². The molecular weight excluding hydrogens is 1100 g/mol. The zero-order valence-electron chi connectivity index (χ0n) is 43.6. The van der Waals surface area contributed by atoms with E-state index in [1.807, 2.05) is 41.7 Å². The van der Waals surface area contributed by atoms with E-state index in [0.29, 0.717) is 11.1 Å². The largest absolute Gasteiger partial charge is 3.00 e. The third-order valence-corrected chi connectivity index (χ3v) is 17.5.